The first-order valence-corrected chi connectivity index (χ1v) is 3.99. The van der Waals surface area contributed by atoms with Gasteiger partial charge in [-0.25, -0.2) is 4.79 Å². The van der Waals surface area contributed by atoms with E-state index in [1.54, 1.807) is 6.92 Å². The Hall–Kier alpha value is -1.85. The molecule has 0 saturated heterocycles. The number of primary amides is 1. The number of carbonyl (C=O) groups excluding carboxylic acids is 2. The fraction of sp³-hybridized carbons (Fsp3) is 0.375. The van der Waals surface area contributed by atoms with Gasteiger partial charge in [0.05, 0.1) is 7.11 Å². The Bertz CT molecular complexity index is 358. The summed E-state index contributed by atoms with van der Waals surface area (Å²) >= 11 is 0. The third-order valence-electron chi connectivity index (χ3n) is 1.80. The number of aromatic nitrogens is 2. The molecule has 76 valence electrons. The third-order valence-corrected chi connectivity index (χ3v) is 1.80. The Morgan fingerprint density at radius 3 is 2.71 bits per heavy atom. The van der Waals surface area contributed by atoms with Crippen molar-refractivity contribution in [3.05, 3.63) is 18.0 Å². The minimum atomic E-state index is -0.624. The Morgan fingerprint density at radius 1 is 1.64 bits per heavy atom. The average Bonchev–Trinajstić information content (AvgIpc) is 2.64. The molecule has 1 heterocycles. The van der Waals surface area contributed by atoms with E-state index < -0.39 is 17.9 Å². The van der Waals surface area contributed by atoms with Gasteiger partial charge in [-0.05, 0) is 13.0 Å². The van der Waals surface area contributed by atoms with E-state index in [-0.39, 0.29) is 5.69 Å². The van der Waals surface area contributed by atoms with Gasteiger partial charge in [-0.1, -0.05) is 0 Å². The topological polar surface area (TPSA) is 87.2 Å². The van der Waals surface area contributed by atoms with Crippen molar-refractivity contribution in [2.75, 3.05) is 7.11 Å². The lowest BCUT2D eigenvalue weighted by Gasteiger charge is -2.08. The second-order valence-electron chi connectivity index (χ2n) is 2.74. The zero-order chi connectivity index (χ0) is 10.7. The molecule has 0 aliphatic rings. The molecule has 1 rings (SSSR count). The molecule has 1 aromatic rings. The first-order valence-electron chi connectivity index (χ1n) is 3.99. The maximum atomic E-state index is 11.1. The SMILES string of the molecule is COC(=O)[C@H](C)n1ccc(C(N)=O)n1. The van der Waals surface area contributed by atoms with Crippen LogP contribution in [0.25, 0.3) is 0 Å². The van der Waals surface area contributed by atoms with Gasteiger partial charge < -0.3 is 10.5 Å². The molecule has 6 heteroatoms. The first-order chi connectivity index (χ1) is 6.56. The van der Waals surface area contributed by atoms with Crippen LogP contribution in [0.1, 0.15) is 23.5 Å². The van der Waals surface area contributed by atoms with E-state index in [0.717, 1.165) is 0 Å². The summed E-state index contributed by atoms with van der Waals surface area (Å²) in [4.78, 5) is 21.8. The van der Waals surface area contributed by atoms with Gasteiger partial charge in [0.2, 0.25) is 0 Å². The standard InChI is InChI=1S/C8H11N3O3/c1-5(8(13)14-2)11-4-3-6(10-11)7(9)12/h3-5H,1-2H3,(H2,9,12)/t5-/m0/s1. The number of amides is 1. The molecule has 1 amide bonds. The molecule has 0 radical (unpaired) electrons. The highest BCUT2D eigenvalue weighted by Gasteiger charge is 2.16. The molecule has 6 nitrogen and oxygen atoms in total. The lowest BCUT2D eigenvalue weighted by Crippen LogP contribution is -2.19. The van der Waals surface area contributed by atoms with Crippen LogP contribution in [-0.4, -0.2) is 28.8 Å². The quantitative estimate of drug-likeness (QED) is 0.675. The molecular formula is C8H11N3O3. The van der Waals surface area contributed by atoms with Gasteiger partial charge in [0.15, 0.2) is 0 Å². The molecule has 14 heavy (non-hydrogen) atoms. The summed E-state index contributed by atoms with van der Waals surface area (Å²) in [7, 11) is 1.29. The summed E-state index contributed by atoms with van der Waals surface area (Å²) in [5.41, 5.74) is 5.13. The zero-order valence-corrected chi connectivity index (χ0v) is 7.93. The monoisotopic (exact) mass is 197 g/mol. The predicted molar refractivity (Wildman–Crippen MR) is 47.5 cm³/mol. The lowest BCUT2D eigenvalue weighted by molar-refractivity contribution is -0.144. The summed E-state index contributed by atoms with van der Waals surface area (Å²) in [6.45, 7) is 1.61. The minimum Gasteiger partial charge on any atom is -0.467 e. The predicted octanol–water partition coefficient (Wildman–Crippen LogP) is -0.284. The van der Waals surface area contributed by atoms with Crippen LogP contribution in [0.3, 0.4) is 0 Å². The molecule has 0 aliphatic heterocycles. The van der Waals surface area contributed by atoms with Crippen LogP contribution in [0, 0.1) is 0 Å². The van der Waals surface area contributed by atoms with Crippen molar-refractivity contribution < 1.29 is 14.3 Å². The van der Waals surface area contributed by atoms with Gasteiger partial charge in [-0.15, -0.1) is 0 Å². The Balaban J connectivity index is 2.86. The van der Waals surface area contributed by atoms with Crippen LogP contribution in [0.4, 0.5) is 0 Å². The van der Waals surface area contributed by atoms with Gasteiger partial charge in [-0.2, -0.15) is 5.10 Å². The highest BCUT2D eigenvalue weighted by atomic mass is 16.5. The highest BCUT2D eigenvalue weighted by Crippen LogP contribution is 2.06. The summed E-state index contributed by atoms with van der Waals surface area (Å²) in [6.07, 6.45) is 1.50. The Morgan fingerprint density at radius 2 is 2.29 bits per heavy atom. The van der Waals surface area contributed by atoms with Crippen molar-refractivity contribution in [3.8, 4) is 0 Å². The number of ether oxygens (including phenoxy) is 1. The van der Waals surface area contributed by atoms with Gasteiger partial charge in [0, 0.05) is 6.20 Å². The van der Waals surface area contributed by atoms with E-state index in [0.29, 0.717) is 0 Å². The summed E-state index contributed by atoms with van der Waals surface area (Å²) < 4.78 is 5.85. The van der Waals surface area contributed by atoms with E-state index in [2.05, 4.69) is 9.84 Å². The molecule has 0 saturated carbocycles. The molecule has 0 aliphatic carbocycles. The number of hydrogen-bond acceptors (Lipinski definition) is 4. The minimum absolute atomic E-state index is 0.126. The van der Waals surface area contributed by atoms with Crippen LogP contribution in [0.15, 0.2) is 12.3 Å². The maximum Gasteiger partial charge on any atom is 0.330 e. The molecular weight excluding hydrogens is 186 g/mol. The van der Waals surface area contributed by atoms with Crippen molar-refractivity contribution in [2.24, 2.45) is 5.73 Å². The average molecular weight is 197 g/mol. The van der Waals surface area contributed by atoms with E-state index in [1.165, 1.54) is 24.1 Å². The molecule has 0 aromatic carbocycles. The molecule has 0 bridgehead atoms. The summed E-state index contributed by atoms with van der Waals surface area (Å²) in [5.74, 6) is -1.05. The van der Waals surface area contributed by atoms with Gasteiger partial charge >= 0.3 is 5.97 Å². The Labute approximate surface area is 80.6 Å². The van der Waals surface area contributed by atoms with E-state index >= 15 is 0 Å². The molecule has 1 aromatic heterocycles. The van der Waals surface area contributed by atoms with E-state index in [4.69, 9.17) is 5.73 Å². The second kappa shape index (κ2) is 3.91. The second-order valence-corrected chi connectivity index (χ2v) is 2.74. The number of carbonyl (C=O) groups is 2. The van der Waals surface area contributed by atoms with Gasteiger partial charge in [0.1, 0.15) is 11.7 Å². The number of nitrogens with zero attached hydrogens (tertiary/aromatic N) is 2. The third kappa shape index (κ3) is 1.90. The first kappa shape index (κ1) is 10.2. The normalized spacial score (nSPS) is 12.1. The van der Waals surface area contributed by atoms with Crippen LogP contribution < -0.4 is 5.73 Å². The number of hydrogen-bond donors (Lipinski definition) is 1. The number of esters is 1. The summed E-state index contributed by atoms with van der Waals surface area (Å²) in [5, 5.41) is 3.82. The van der Waals surface area contributed by atoms with Crippen molar-refractivity contribution in [1.82, 2.24) is 9.78 Å². The number of rotatable bonds is 3. The van der Waals surface area contributed by atoms with E-state index in [9.17, 15) is 9.59 Å². The largest absolute Gasteiger partial charge is 0.467 e. The Kier molecular flexibility index (Phi) is 2.85. The molecule has 0 spiro atoms. The lowest BCUT2D eigenvalue weighted by atomic mass is 10.3. The number of methoxy groups -OCH3 is 1. The molecule has 2 N–H and O–H groups in total. The number of nitrogens with two attached hydrogens (primary N) is 1. The fourth-order valence-corrected chi connectivity index (χ4v) is 0.964. The van der Waals surface area contributed by atoms with Gasteiger partial charge in [-0.3, -0.25) is 9.48 Å². The van der Waals surface area contributed by atoms with Crippen molar-refractivity contribution in [1.29, 1.82) is 0 Å². The van der Waals surface area contributed by atoms with Crippen molar-refractivity contribution in [3.63, 3.8) is 0 Å². The van der Waals surface area contributed by atoms with Crippen molar-refractivity contribution >= 4 is 11.9 Å². The van der Waals surface area contributed by atoms with Crippen LogP contribution in [0.2, 0.25) is 0 Å². The van der Waals surface area contributed by atoms with Crippen LogP contribution in [0.5, 0.6) is 0 Å². The fourth-order valence-electron chi connectivity index (χ4n) is 0.964. The zero-order valence-electron chi connectivity index (χ0n) is 7.93. The summed E-state index contributed by atoms with van der Waals surface area (Å²) in [6, 6.07) is 0.884. The molecule has 1 atom stereocenters. The van der Waals surface area contributed by atoms with Gasteiger partial charge in [0.25, 0.3) is 5.91 Å². The van der Waals surface area contributed by atoms with Crippen LogP contribution >= 0.6 is 0 Å². The van der Waals surface area contributed by atoms with Crippen molar-refractivity contribution in [2.45, 2.75) is 13.0 Å². The molecule has 0 fully saturated rings. The maximum absolute atomic E-state index is 11.1. The molecule has 0 unspecified atom stereocenters. The van der Waals surface area contributed by atoms with Crippen LogP contribution in [-0.2, 0) is 9.53 Å². The van der Waals surface area contributed by atoms with E-state index in [1.807, 2.05) is 0 Å². The highest BCUT2D eigenvalue weighted by molar-refractivity contribution is 5.90. The smallest absolute Gasteiger partial charge is 0.330 e.